The topological polar surface area (TPSA) is 4.93 Å². The molecule has 0 amide bonds. The smallest absolute Gasteiger partial charge is 0.0506 e. The van der Waals surface area contributed by atoms with Gasteiger partial charge in [0.2, 0.25) is 0 Å². The highest BCUT2D eigenvalue weighted by Crippen LogP contribution is 2.38. The van der Waals surface area contributed by atoms with Gasteiger partial charge in [0.15, 0.2) is 0 Å². The van der Waals surface area contributed by atoms with Crippen molar-refractivity contribution in [3.05, 3.63) is 81.2 Å². The third kappa shape index (κ3) is 2.20. The van der Waals surface area contributed by atoms with Gasteiger partial charge in [0.1, 0.15) is 0 Å². The van der Waals surface area contributed by atoms with Crippen molar-refractivity contribution < 1.29 is 0 Å². The molecule has 4 aromatic rings. The number of fused-ring (bicyclic) bond motifs is 3. The highest BCUT2D eigenvalue weighted by atomic mass is 79.9. The zero-order valence-electron chi connectivity index (χ0n) is 11.8. The van der Waals surface area contributed by atoms with Crippen molar-refractivity contribution >= 4 is 53.7 Å². The Labute approximate surface area is 145 Å². The largest absolute Gasteiger partial charge is 0.336 e. The van der Waals surface area contributed by atoms with Crippen molar-refractivity contribution in [3.63, 3.8) is 0 Å². The molecule has 0 saturated carbocycles. The first-order valence-electron chi connectivity index (χ1n) is 7.14. The van der Waals surface area contributed by atoms with Gasteiger partial charge in [0.05, 0.1) is 5.52 Å². The summed E-state index contributed by atoms with van der Waals surface area (Å²) in [5.74, 6) is 0. The summed E-state index contributed by atoms with van der Waals surface area (Å²) in [5.41, 5.74) is 3.82. The molecule has 0 saturated heterocycles. The van der Waals surface area contributed by atoms with Gasteiger partial charge in [-0.25, -0.2) is 0 Å². The lowest BCUT2D eigenvalue weighted by Crippen LogP contribution is -1.98. The summed E-state index contributed by atoms with van der Waals surface area (Å²) in [6.45, 7) is 0.874. The average molecular weight is 415 g/mol. The van der Waals surface area contributed by atoms with E-state index in [0.717, 1.165) is 15.5 Å². The molecular formula is C19H13Br2N. The third-order valence-corrected chi connectivity index (χ3v) is 6.03. The zero-order valence-corrected chi connectivity index (χ0v) is 14.9. The van der Waals surface area contributed by atoms with Crippen molar-refractivity contribution in [3.8, 4) is 0 Å². The molecule has 0 spiro atoms. The molecule has 22 heavy (non-hydrogen) atoms. The van der Waals surface area contributed by atoms with Gasteiger partial charge in [0.25, 0.3) is 0 Å². The molecule has 0 aliphatic carbocycles. The van der Waals surface area contributed by atoms with Crippen molar-refractivity contribution in [1.82, 2.24) is 4.57 Å². The Bertz CT molecular complexity index is 971. The van der Waals surface area contributed by atoms with E-state index in [1.807, 2.05) is 0 Å². The van der Waals surface area contributed by atoms with Gasteiger partial charge in [-0.05, 0) is 55.6 Å². The van der Waals surface area contributed by atoms with Crippen LogP contribution in [0.1, 0.15) is 5.56 Å². The van der Waals surface area contributed by atoms with E-state index in [1.54, 1.807) is 0 Å². The van der Waals surface area contributed by atoms with Crippen LogP contribution in [-0.4, -0.2) is 4.57 Å². The Morgan fingerprint density at radius 2 is 1.45 bits per heavy atom. The number of para-hydroxylation sites is 1. The first-order chi connectivity index (χ1) is 10.8. The number of hydrogen-bond acceptors (Lipinski definition) is 0. The zero-order chi connectivity index (χ0) is 15.1. The highest BCUT2D eigenvalue weighted by molar-refractivity contribution is 9.13. The quantitative estimate of drug-likeness (QED) is 0.359. The van der Waals surface area contributed by atoms with Crippen LogP contribution in [0, 0.1) is 0 Å². The van der Waals surface area contributed by atoms with Crippen LogP contribution < -0.4 is 0 Å². The van der Waals surface area contributed by atoms with Gasteiger partial charge in [0, 0.05) is 31.8 Å². The summed E-state index contributed by atoms with van der Waals surface area (Å²) in [6.07, 6.45) is 0. The monoisotopic (exact) mass is 413 g/mol. The first-order valence-corrected chi connectivity index (χ1v) is 8.73. The SMILES string of the molecule is Brc1ccc2c(c1Br)c1ccccc1n2Cc1ccccc1. The normalized spacial score (nSPS) is 11.4. The fraction of sp³-hybridized carbons (Fsp3) is 0.0526. The van der Waals surface area contributed by atoms with E-state index in [4.69, 9.17) is 0 Å². The van der Waals surface area contributed by atoms with Gasteiger partial charge in [-0.1, -0.05) is 48.5 Å². The second-order valence-electron chi connectivity index (χ2n) is 5.34. The molecule has 1 nitrogen and oxygen atoms in total. The lowest BCUT2D eigenvalue weighted by atomic mass is 10.2. The Kier molecular flexibility index (Phi) is 3.55. The summed E-state index contributed by atoms with van der Waals surface area (Å²) >= 11 is 7.36. The first kappa shape index (κ1) is 14.0. The fourth-order valence-electron chi connectivity index (χ4n) is 3.01. The van der Waals surface area contributed by atoms with Crippen LogP contribution in [0.5, 0.6) is 0 Å². The van der Waals surface area contributed by atoms with Crippen LogP contribution >= 0.6 is 31.9 Å². The maximum Gasteiger partial charge on any atom is 0.0506 e. The molecule has 0 atom stereocenters. The minimum atomic E-state index is 0.874. The van der Waals surface area contributed by atoms with Crippen LogP contribution in [0.3, 0.4) is 0 Å². The molecule has 4 rings (SSSR count). The molecule has 0 bridgehead atoms. The fourth-order valence-corrected chi connectivity index (χ4v) is 3.89. The Balaban J connectivity index is 2.06. The number of nitrogens with zero attached hydrogens (tertiary/aromatic N) is 1. The molecular weight excluding hydrogens is 402 g/mol. The lowest BCUT2D eigenvalue weighted by Gasteiger charge is -2.08. The van der Waals surface area contributed by atoms with E-state index in [9.17, 15) is 0 Å². The van der Waals surface area contributed by atoms with Gasteiger partial charge in [-0.3, -0.25) is 0 Å². The predicted octanol–water partition coefficient (Wildman–Crippen LogP) is 6.37. The minimum Gasteiger partial charge on any atom is -0.336 e. The summed E-state index contributed by atoms with van der Waals surface area (Å²) in [5, 5.41) is 2.54. The molecule has 1 heterocycles. The summed E-state index contributed by atoms with van der Waals surface area (Å²) in [7, 11) is 0. The van der Waals surface area contributed by atoms with Crippen LogP contribution in [-0.2, 0) is 6.54 Å². The van der Waals surface area contributed by atoms with Crippen molar-refractivity contribution in [1.29, 1.82) is 0 Å². The molecule has 3 heteroatoms. The minimum absolute atomic E-state index is 0.874. The summed E-state index contributed by atoms with van der Waals surface area (Å²) in [6, 6.07) is 23.5. The van der Waals surface area contributed by atoms with Gasteiger partial charge in [-0.2, -0.15) is 0 Å². The molecule has 0 radical (unpaired) electrons. The molecule has 3 aromatic carbocycles. The maximum atomic E-state index is 3.74. The van der Waals surface area contributed by atoms with Crippen LogP contribution in [0.15, 0.2) is 75.7 Å². The second kappa shape index (κ2) is 5.56. The number of rotatable bonds is 2. The van der Waals surface area contributed by atoms with E-state index >= 15 is 0 Å². The number of aromatic nitrogens is 1. The van der Waals surface area contributed by atoms with Gasteiger partial charge < -0.3 is 4.57 Å². The van der Waals surface area contributed by atoms with Crippen molar-refractivity contribution in [2.45, 2.75) is 6.54 Å². The second-order valence-corrected chi connectivity index (χ2v) is 6.99. The molecule has 0 fully saturated rings. The van der Waals surface area contributed by atoms with Crippen LogP contribution in [0.2, 0.25) is 0 Å². The van der Waals surface area contributed by atoms with Crippen LogP contribution in [0.25, 0.3) is 21.8 Å². The van der Waals surface area contributed by atoms with E-state index < -0.39 is 0 Å². The van der Waals surface area contributed by atoms with E-state index in [-0.39, 0.29) is 0 Å². The lowest BCUT2D eigenvalue weighted by molar-refractivity contribution is 0.869. The van der Waals surface area contributed by atoms with Gasteiger partial charge in [-0.15, -0.1) is 0 Å². The standard InChI is InChI=1S/C19H13Br2N/c20-15-10-11-17-18(19(15)21)14-8-4-5-9-16(14)22(17)12-13-6-2-1-3-7-13/h1-11H,12H2. The third-order valence-electron chi connectivity index (χ3n) is 4.01. The molecule has 0 N–H and O–H groups in total. The van der Waals surface area contributed by atoms with Crippen molar-refractivity contribution in [2.75, 3.05) is 0 Å². The van der Waals surface area contributed by atoms with E-state index in [2.05, 4.69) is 103 Å². The maximum absolute atomic E-state index is 3.74. The van der Waals surface area contributed by atoms with E-state index in [1.165, 1.54) is 27.4 Å². The number of benzene rings is 3. The Morgan fingerprint density at radius 3 is 2.27 bits per heavy atom. The summed E-state index contributed by atoms with van der Waals surface area (Å²) in [4.78, 5) is 0. The molecule has 0 aliphatic rings. The van der Waals surface area contributed by atoms with Gasteiger partial charge >= 0.3 is 0 Å². The van der Waals surface area contributed by atoms with Crippen molar-refractivity contribution in [2.24, 2.45) is 0 Å². The molecule has 108 valence electrons. The van der Waals surface area contributed by atoms with Crippen LogP contribution in [0.4, 0.5) is 0 Å². The average Bonchev–Trinajstić information content (AvgIpc) is 2.87. The Morgan fingerprint density at radius 1 is 0.727 bits per heavy atom. The molecule has 0 unspecified atom stereocenters. The Hall–Kier alpha value is -1.58. The number of halogens is 2. The molecule has 1 aromatic heterocycles. The molecule has 0 aliphatic heterocycles. The summed E-state index contributed by atoms with van der Waals surface area (Å²) < 4.78 is 4.59. The highest BCUT2D eigenvalue weighted by Gasteiger charge is 2.14. The predicted molar refractivity (Wildman–Crippen MR) is 100 cm³/mol. The van der Waals surface area contributed by atoms with E-state index in [0.29, 0.717) is 0 Å². The number of hydrogen-bond donors (Lipinski definition) is 0.